The number of benzene rings is 2. The lowest BCUT2D eigenvalue weighted by Crippen LogP contribution is -2.51. The fourth-order valence-electron chi connectivity index (χ4n) is 5.16. The summed E-state index contributed by atoms with van der Waals surface area (Å²) in [5.41, 5.74) is 1.36. The standard InChI is InChI=1S/C30H43N3O6S/c1-5-28(30(35)31-24-11-7-6-8-12-24)32(22-23-16-18-26(38-2)19-17-23)29(34)15-10-20-33(40(4,36)37)25-13-9-14-27(21-25)39-3/h9,13-14,16-19,21,24,28H,5-8,10-12,15,20,22H2,1-4H3,(H,31,35)/t28-/m1/s1. The normalized spacial score (nSPS) is 14.7. The second kappa shape index (κ2) is 14.9. The van der Waals surface area contributed by atoms with Crippen molar-refractivity contribution < 1.29 is 27.5 Å². The van der Waals surface area contributed by atoms with Gasteiger partial charge in [-0.1, -0.05) is 44.4 Å². The van der Waals surface area contributed by atoms with Crippen molar-refractivity contribution in [3.8, 4) is 11.5 Å². The Balaban J connectivity index is 1.76. The molecule has 1 fully saturated rings. The number of hydrogen-bond donors (Lipinski definition) is 1. The van der Waals surface area contributed by atoms with Gasteiger partial charge in [-0.15, -0.1) is 0 Å². The van der Waals surface area contributed by atoms with Gasteiger partial charge in [0.05, 0.1) is 26.2 Å². The Labute approximate surface area is 238 Å². The summed E-state index contributed by atoms with van der Waals surface area (Å²) in [5, 5.41) is 3.18. The number of rotatable bonds is 14. The van der Waals surface area contributed by atoms with Crippen molar-refractivity contribution in [3.63, 3.8) is 0 Å². The van der Waals surface area contributed by atoms with Crippen LogP contribution in [0.1, 0.15) is 63.9 Å². The molecule has 0 spiro atoms. The Morgan fingerprint density at radius 3 is 2.27 bits per heavy atom. The number of carbonyl (C=O) groups excluding carboxylic acids is 2. The zero-order valence-corrected chi connectivity index (χ0v) is 24.9. The molecule has 0 aromatic heterocycles. The van der Waals surface area contributed by atoms with Crippen LogP contribution in [-0.4, -0.2) is 64.2 Å². The maximum atomic E-state index is 13.7. The predicted molar refractivity (Wildman–Crippen MR) is 157 cm³/mol. The van der Waals surface area contributed by atoms with Crippen LogP contribution in [0, 0.1) is 0 Å². The van der Waals surface area contributed by atoms with Crippen molar-refractivity contribution >= 4 is 27.5 Å². The van der Waals surface area contributed by atoms with Crippen LogP contribution in [-0.2, 0) is 26.2 Å². The van der Waals surface area contributed by atoms with Gasteiger partial charge in [0.25, 0.3) is 0 Å². The monoisotopic (exact) mass is 573 g/mol. The fourth-order valence-corrected chi connectivity index (χ4v) is 6.12. The van der Waals surface area contributed by atoms with E-state index in [0.29, 0.717) is 30.0 Å². The summed E-state index contributed by atoms with van der Waals surface area (Å²) in [6, 6.07) is 13.8. The Bertz CT molecular complexity index is 1210. The van der Waals surface area contributed by atoms with Crippen molar-refractivity contribution in [1.82, 2.24) is 10.2 Å². The molecule has 1 saturated carbocycles. The average Bonchev–Trinajstić information content (AvgIpc) is 2.95. The number of nitrogens with one attached hydrogen (secondary N) is 1. The van der Waals surface area contributed by atoms with Gasteiger partial charge in [-0.3, -0.25) is 13.9 Å². The molecule has 40 heavy (non-hydrogen) atoms. The zero-order valence-electron chi connectivity index (χ0n) is 24.1. The molecule has 220 valence electrons. The first-order valence-electron chi connectivity index (χ1n) is 14.0. The molecule has 2 amide bonds. The summed E-state index contributed by atoms with van der Waals surface area (Å²) in [6.45, 7) is 2.30. The van der Waals surface area contributed by atoms with Crippen LogP contribution in [0.25, 0.3) is 0 Å². The van der Waals surface area contributed by atoms with Gasteiger partial charge < -0.3 is 19.7 Å². The van der Waals surface area contributed by atoms with Crippen LogP contribution >= 0.6 is 0 Å². The Kier molecular flexibility index (Phi) is 11.7. The third-order valence-electron chi connectivity index (χ3n) is 7.34. The molecular formula is C30H43N3O6S. The Morgan fingerprint density at radius 2 is 1.68 bits per heavy atom. The highest BCUT2D eigenvalue weighted by Crippen LogP contribution is 2.24. The van der Waals surface area contributed by atoms with E-state index in [1.54, 1.807) is 36.3 Å². The highest BCUT2D eigenvalue weighted by molar-refractivity contribution is 7.92. The van der Waals surface area contributed by atoms with Crippen LogP contribution in [0.5, 0.6) is 11.5 Å². The molecule has 1 aliphatic rings. The number of ether oxygens (including phenoxy) is 2. The van der Waals surface area contributed by atoms with E-state index >= 15 is 0 Å². The Hall–Kier alpha value is -3.27. The lowest BCUT2D eigenvalue weighted by atomic mass is 9.95. The van der Waals surface area contributed by atoms with Crippen molar-refractivity contribution in [2.75, 3.05) is 31.3 Å². The van der Waals surface area contributed by atoms with Gasteiger partial charge in [-0.2, -0.15) is 0 Å². The van der Waals surface area contributed by atoms with E-state index < -0.39 is 16.1 Å². The smallest absolute Gasteiger partial charge is 0.243 e. The van der Waals surface area contributed by atoms with E-state index in [-0.39, 0.29) is 37.4 Å². The molecule has 0 bridgehead atoms. The first kappa shape index (κ1) is 31.3. The van der Waals surface area contributed by atoms with Gasteiger partial charge in [-0.25, -0.2) is 8.42 Å². The zero-order chi connectivity index (χ0) is 29.1. The summed E-state index contributed by atoms with van der Waals surface area (Å²) in [6.07, 6.45) is 7.31. The molecular weight excluding hydrogens is 530 g/mol. The third-order valence-corrected chi connectivity index (χ3v) is 8.54. The number of sulfonamides is 1. The van der Waals surface area contributed by atoms with Gasteiger partial charge >= 0.3 is 0 Å². The number of methoxy groups -OCH3 is 2. The number of anilines is 1. The van der Waals surface area contributed by atoms with E-state index in [2.05, 4.69) is 5.32 Å². The Morgan fingerprint density at radius 1 is 1.00 bits per heavy atom. The number of hydrogen-bond acceptors (Lipinski definition) is 6. The largest absolute Gasteiger partial charge is 0.497 e. The molecule has 2 aromatic rings. The van der Waals surface area contributed by atoms with Crippen molar-refractivity contribution in [1.29, 1.82) is 0 Å². The van der Waals surface area contributed by atoms with Crippen molar-refractivity contribution in [2.45, 2.75) is 76.9 Å². The minimum absolute atomic E-state index is 0.0966. The average molecular weight is 574 g/mol. The summed E-state index contributed by atoms with van der Waals surface area (Å²) < 4.78 is 37.0. The molecule has 0 aliphatic heterocycles. The molecule has 0 saturated heterocycles. The minimum atomic E-state index is -3.59. The van der Waals surface area contributed by atoms with E-state index in [0.717, 1.165) is 37.5 Å². The highest BCUT2D eigenvalue weighted by Gasteiger charge is 2.30. The van der Waals surface area contributed by atoms with Crippen molar-refractivity contribution in [2.24, 2.45) is 0 Å². The molecule has 0 unspecified atom stereocenters. The van der Waals surface area contributed by atoms with Gasteiger partial charge in [0.1, 0.15) is 17.5 Å². The van der Waals surface area contributed by atoms with Gasteiger partial charge in [-0.05, 0) is 55.5 Å². The lowest BCUT2D eigenvalue weighted by Gasteiger charge is -2.33. The molecule has 0 radical (unpaired) electrons. The van der Waals surface area contributed by atoms with E-state index in [1.165, 1.54) is 17.8 Å². The molecule has 10 heteroatoms. The SMILES string of the molecule is CC[C@H](C(=O)NC1CCCCC1)N(Cc1ccc(OC)cc1)C(=O)CCCN(c1cccc(OC)c1)S(C)(=O)=O. The molecule has 3 rings (SSSR count). The van der Waals surface area contributed by atoms with Crippen LogP contribution in [0.4, 0.5) is 5.69 Å². The van der Waals surface area contributed by atoms with Gasteiger partial charge in [0.15, 0.2) is 0 Å². The summed E-state index contributed by atoms with van der Waals surface area (Å²) >= 11 is 0. The second-order valence-corrected chi connectivity index (χ2v) is 12.2. The molecule has 2 aromatic carbocycles. The summed E-state index contributed by atoms with van der Waals surface area (Å²) in [5.74, 6) is 0.927. The maximum absolute atomic E-state index is 13.7. The molecule has 1 atom stereocenters. The molecule has 9 nitrogen and oxygen atoms in total. The minimum Gasteiger partial charge on any atom is -0.497 e. The van der Waals surface area contributed by atoms with Gasteiger partial charge in [0.2, 0.25) is 21.8 Å². The first-order chi connectivity index (χ1) is 19.2. The van der Waals surface area contributed by atoms with Crippen molar-refractivity contribution in [3.05, 3.63) is 54.1 Å². The number of nitrogens with zero attached hydrogens (tertiary/aromatic N) is 2. The number of carbonyl (C=O) groups is 2. The topological polar surface area (TPSA) is 105 Å². The van der Waals surface area contributed by atoms with Crippen LogP contribution in [0.2, 0.25) is 0 Å². The van der Waals surface area contributed by atoms with E-state index in [4.69, 9.17) is 9.47 Å². The van der Waals surface area contributed by atoms with Crippen LogP contribution in [0.3, 0.4) is 0 Å². The third kappa shape index (κ3) is 8.87. The molecule has 1 N–H and O–H groups in total. The van der Waals surface area contributed by atoms with Crippen LogP contribution < -0.4 is 19.1 Å². The quantitative estimate of drug-likeness (QED) is 0.357. The van der Waals surface area contributed by atoms with Crippen LogP contribution in [0.15, 0.2) is 48.5 Å². The lowest BCUT2D eigenvalue weighted by molar-refractivity contribution is -0.141. The second-order valence-electron chi connectivity index (χ2n) is 10.3. The number of amides is 2. The first-order valence-corrected chi connectivity index (χ1v) is 15.9. The molecule has 1 aliphatic carbocycles. The summed E-state index contributed by atoms with van der Waals surface area (Å²) in [7, 11) is -0.472. The maximum Gasteiger partial charge on any atom is 0.243 e. The predicted octanol–water partition coefficient (Wildman–Crippen LogP) is 4.51. The highest BCUT2D eigenvalue weighted by atomic mass is 32.2. The molecule has 0 heterocycles. The van der Waals surface area contributed by atoms with E-state index in [9.17, 15) is 18.0 Å². The van der Waals surface area contributed by atoms with Gasteiger partial charge in [0, 0.05) is 31.6 Å². The van der Waals surface area contributed by atoms with E-state index in [1.807, 2.05) is 31.2 Å². The summed E-state index contributed by atoms with van der Waals surface area (Å²) in [4.78, 5) is 28.7. The fraction of sp³-hybridized carbons (Fsp3) is 0.533.